The predicted molar refractivity (Wildman–Crippen MR) is 103 cm³/mol. The monoisotopic (exact) mass is 381 g/mol. The lowest BCUT2D eigenvalue weighted by molar-refractivity contribution is -0.120. The molecular weight excluding hydrogens is 362 g/mol. The molecule has 0 bridgehead atoms. The molecule has 3 N–H and O–H groups in total. The molecule has 1 aromatic heterocycles. The van der Waals surface area contributed by atoms with Gasteiger partial charge in [0.25, 0.3) is 0 Å². The van der Waals surface area contributed by atoms with Crippen LogP contribution < -0.4 is 15.8 Å². The second-order valence-electron chi connectivity index (χ2n) is 5.65. The van der Waals surface area contributed by atoms with Gasteiger partial charge in [0.05, 0.1) is 23.5 Å². The lowest BCUT2D eigenvalue weighted by Gasteiger charge is -2.13. The number of nitrogen functional groups attached to an aromatic ring is 1. The van der Waals surface area contributed by atoms with Gasteiger partial charge in [0.2, 0.25) is 5.91 Å². The smallest absolute Gasteiger partial charge is 0.233 e. The fraction of sp³-hybridized carbons (Fsp3) is 0.263. The summed E-state index contributed by atoms with van der Waals surface area (Å²) in [5.41, 5.74) is 7.17. The van der Waals surface area contributed by atoms with Crippen LogP contribution in [-0.2, 0) is 11.2 Å². The molecule has 0 saturated carbocycles. The van der Waals surface area contributed by atoms with Crippen LogP contribution in [0.5, 0.6) is 5.75 Å². The number of carbonyl (C=O) groups excluding carboxylic acids is 1. The summed E-state index contributed by atoms with van der Waals surface area (Å²) in [5, 5.41) is 20.9. The number of pyridine rings is 1. The molecule has 0 fully saturated rings. The largest absolute Gasteiger partial charge is 0.497 e. The molecular formula is C19H19N5O2S. The van der Waals surface area contributed by atoms with Crippen LogP contribution in [0.4, 0.5) is 5.82 Å². The highest BCUT2D eigenvalue weighted by atomic mass is 32.2. The van der Waals surface area contributed by atoms with Crippen molar-refractivity contribution in [3.8, 4) is 17.9 Å². The van der Waals surface area contributed by atoms with Gasteiger partial charge < -0.3 is 15.8 Å². The molecule has 0 spiro atoms. The van der Waals surface area contributed by atoms with Crippen LogP contribution in [0.1, 0.15) is 23.6 Å². The van der Waals surface area contributed by atoms with Crippen molar-refractivity contribution in [3.05, 3.63) is 47.0 Å². The van der Waals surface area contributed by atoms with Gasteiger partial charge in [-0.3, -0.25) is 4.79 Å². The minimum atomic E-state index is -0.465. The number of thioether (sulfide) groups is 1. The van der Waals surface area contributed by atoms with E-state index in [2.05, 4.69) is 10.3 Å². The summed E-state index contributed by atoms with van der Waals surface area (Å²) in [4.78, 5) is 16.4. The first kappa shape index (κ1) is 20.1. The van der Waals surface area contributed by atoms with Gasteiger partial charge in [0, 0.05) is 6.54 Å². The highest BCUT2D eigenvalue weighted by Crippen LogP contribution is 2.27. The SMILES string of the molecule is COc1ccc(CCNC(=O)[C@H](C)Sc2nc(N)c(C#N)cc2C#N)cc1. The van der Waals surface area contributed by atoms with E-state index in [1.165, 1.54) is 6.07 Å². The fourth-order valence-electron chi connectivity index (χ4n) is 2.26. The molecule has 0 aliphatic rings. The molecule has 0 radical (unpaired) electrons. The summed E-state index contributed by atoms with van der Waals surface area (Å²) in [6.07, 6.45) is 0.693. The van der Waals surface area contributed by atoms with Crippen LogP contribution in [-0.4, -0.2) is 29.8 Å². The van der Waals surface area contributed by atoms with Gasteiger partial charge in [0.15, 0.2) is 0 Å². The minimum Gasteiger partial charge on any atom is -0.497 e. The first-order chi connectivity index (χ1) is 13.0. The number of carbonyl (C=O) groups is 1. The van der Waals surface area contributed by atoms with Gasteiger partial charge in [-0.15, -0.1) is 0 Å². The summed E-state index contributed by atoms with van der Waals surface area (Å²) >= 11 is 1.14. The normalized spacial score (nSPS) is 11.1. The third-order valence-electron chi connectivity index (χ3n) is 3.79. The number of nitriles is 2. The Morgan fingerprint density at radius 1 is 1.30 bits per heavy atom. The van der Waals surface area contributed by atoms with Crippen LogP contribution >= 0.6 is 11.8 Å². The molecule has 2 rings (SSSR count). The molecule has 0 aliphatic carbocycles. The van der Waals surface area contributed by atoms with E-state index in [0.29, 0.717) is 18.0 Å². The maximum atomic E-state index is 12.3. The number of nitrogens with zero attached hydrogens (tertiary/aromatic N) is 3. The van der Waals surface area contributed by atoms with E-state index in [4.69, 9.17) is 15.7 Å². The van der Waals surface area contributed by atoms with Crippen molar-refractivity contribution in [1.29, 1.82) is 10.5 Å². The zero-order chi connectivity index (χ0) is 19.8. The van der Waals surface area contributed by atoms with Crippen molar-refractivity contribution < 1.29 is 9.53 Å². The van der Waals surface area contributed by atoms with Crippen LogP contribution in [0.25, 0.3) is 0 Å². The summed E-state index contributed by atoms with van der Waals surface area (Å²) in [7, 11) is 1.61. The first-order valence-corrected chi connectivity index (χ1v) is 9.04. The summed E-state index contributed by atoms with van der Waals surface area (Å²) in [5.74, 6) is 0.670. The standard InChI is InChI=1S/C19H19N5O2S/c1-12(27-19-15(11-21)9-14(10-20)17(22)24-19)18(25)23-8-7-13-3-5-16(26-2)6-4-13/h3-6,9,12H,7-8H2,1-2H3,(H2,22,24)(H,23,25)/t12-/m0/s1. The van der Waals surface area contributed by atoms with E-state index in [0.717, 1.165) is 23.1 Å². The number of rotatable bonds is 7. The van der Waals surface area contributed by atoms with Gasteiger partial charge in [-0.2, -0.15) is 10.5 Å². The average Bonchev–Trinajstić information content (AvgIpc) is 2.68. The molecule has 0 saturated heterocycles. The number of nitrogens with one attached hydrogen (secondary N) is 1. The maximum absolute atomic E-state index is 12.3. The van der Waals surface area contributed by atoms with Crippen molar-refractivity contribution in [2.75, 3.05) is 19.4 Å². The topological polar surface area (TPSA) is 125 Å². The van der Waals surface area contributed by atoms with E-state index in [1.54, 1.807) is 14.0 Å². The Balaban J connectivity index is 1.93. The summed E-state index contributed by atoms with van der Waals surface area (Å²) in [6.45, 7) is 2.22. The second-order valence-corrected chi connectivity index (χ2v) is 6.98. The number of hydrogen-bond donors (Lipinski definition) is 2. The van der Waals surface area contributed by atoms with Gasteiger partial charge >= 0.3 is 0 Å². The Morgan fingerprint density at radius 2 is 1.96 bits per heavy atom. The number of anilines is 1. The van der Waals surface area contributed by atoms with E-state index in [1.807, 2.05) is 36.4 Å². The van der Waals surface area contributed by atoms with Gasteiger partial charge in [0.1, 0.15) is 28.7 Å². The molecule has 1 atom stereocenters. The number of benzene rings is 1. The third-order valence-corrected chi connectivity index (χ3v) is 4.89. The van der Waals surface area contributed by atoms with E-state index < -0.39 is 5.25 Å². The van der Waals surface area contributed by atoms with Crippen molar-refractivity contribution in [1.82, 2.24) is 10.3 Å². The summed E-state index contributed by atoms with van der Waals surface area (Å²) in [6, 6.07) is 12.9. The third kappa shape index (κ3) is 5.37. The lowest BCUT2D eigenvalue weighted by atomic mass is 10.1. The van der Waals surface area contributed by atoms with Crippen LogP contribution in [0.3, 0.4) is 0 Å². The number of aromatic nitrogens is 1. The second kappa shape index (κ2) is 9.46. The predicted octanol–water partition coefficient (Wildman–Crippen LogP) is 2.26. The van der Waals surface area contributed by atoms with Crippen molar-refractivity contribution >= 4 is 23.5 Å². The molecule has 138 valence electrons. The zero-order valence-corrected chi connectivity index (χ0v) is 15.8. The van der Waals surface area contributed by atoms with Crippen LogP contribution in [0.2, 0.25) is 0 Å². The van der Waals surface area contributed by atoms with E-state index in [9.17, 15) is 10.1 Å². The minimum absolute atomic E-state index is 0.0473. The van der Waals surface area contributed by atoms with Crippen molar-refractivity contribution in [2.45, 2.75) is 23.6 Å². The lowest BCUT2D eigenvalue weighted by Crippen LogP contribution is -2.32. The Bertz CT molecular complexity index is 900. The Kier molecular flexibility index (Phi) is 7.04. The Labute approximate surface area is 162 Å². The quantitative estimate of drug-likeness (QED) is 0.705. The molecule has 0 unspecified atom stereocenters. The highest BCUT2D eigenvalue weighted by molar-refractivity contribution is 8.00. The molecule has 27 heavy (non-hydrogen) atoms. The van der Waals surface area contributed by atoms with Crippen molar-refractivity contribution in [2.24, 2.45) is 0 Å². The zero-order valence-electron chi connectivity index (χ0n) is 15.0. The van der Waals surface area contributed by atoms with E-state index in [-0.39, 0.29) is 22.9 Å². The summed E-state index contributed by atoms with van der Waals surface area (Å²) < 4.78 is 5.11. The molecule has 1 amide bonds. The molecule has 0 aliphatic heterocycles. The molecule has 1 heterocycles. The van der Waals surface area contributed by atoms with Gasteiger partial charge in [-0.1, -0.05) is 23.9 Å². The number of amides is 1. The molecule has 2 aromatic rings. The molecule has 7 nitrogen and oxygen atoms in total. The van der Waals surface area contributed by atoms with Crippen LogP contribution in [0.15, 0.2) is 35.4 Å². The van der Waals surface area contributed by atoms with Crippen LogP contribution in [0, 0.1) is 22.7 Å². The molecule has 8 heteroatoms. The molecule has 1 aromatic carbocycles. The Hall–Kier alpha value is -3.23. The van der Waals surface area contributed by atoms with Crippen molar-refractivity contribution in [3.63, 3.8) is 0 Å². The average molecular weight is 381 g/mol. The number of hydrogen-bond acceptors (Lipinski definition) is 7. The highest BCUT2D eigenvalue weighted by Gasteiger charge is 2.18. The number of ether oxygens (including phenoxy) is 1. The van der Waals surface area contributed by atoms with Gasteiger partial charge in [-0.05, 0) is 37.1 Å². The number of nitrogens with two attached hydrogens (primary N) is 1. The maximum Gasteiger partial charge on any atom is 0.233 e. The van der Waals surface area contributed by atoms with Gasteiger partial charge in [-0.25, -0.2) is 4.98 Å². The fourth-order valence-corrected chi connectivity index (χ4v) is 3.16. The Morgan fingerprint density at radius 3 is 2.56 bits per heavy atom. The first-order valence-electron chi connectivity index (χ1n) is 8.16. The number of methoxy groups -OCH3 is 1. The van der Waals surface area contributed by atoms with E-state index >= 15 is 0 Å².